The molecule has 0 aliphatic carbocycles. The van der Waals surface area contributed by atoms with Crippen LogP contribution in [0.3, 0.4) is 0 Å². The fourth-order valence-corrected chi connectivity index (χ4v) is 4.12. The lowest BCUT2D eigenvalue weighted by Gasteiger charge is -2.18. The van der Waals surface area contributed by atoms with Crippen LogP contribution in [0.2, 0.25) is 0 Å². The number of anilines is 2. The topological polar surface area (TPSA) is 140 Å². The molecule has 0 saturated heterocycles. The Hall–Kier alpha value is -2.99. The van der Waals surface area contributed by atoms with E-state index < -0.39 is 33.8 Å². The predicted octanol–water partition coefficient (Wildman–Crippen LogP) is 2.36. The number of nitrogens with one attached hydrogen (secondary N) is 3. The van der Waals surface area contributed by atoms with Crippen molar-refractivity contribution in [2.45, 2.75) is 17.4 Å². The maximum Gasteiger partial charge on any atom is 0.312 e. The molecule has 0 radical (unpaired) electrons. The minimum atomic E-state index is -4.04. The predicted molar refractivity (Wildman–Crippen MR) is 118 cm³/mol. The molecule has 12 heteroatoms. The van der Waals surface area contributed by atoms with Gasteiger partial charge >= 0.3 is 6.03 Å². The van der Waals surface area contributed by atoms with E-state index in [1.165, 1.54) is 37.1 Å². The minimum absolute atomic E-state index is 0.0631. The van der Waals surface area contributed by atoms with Gasteiger partial charge in [0.05, 0.1) is 17.7 Å². The van der Waals surface area contributed by atoms with Gasteiger partial charge in [0.25, 0.3) is 10.0 Å². The van der Waals surface area contributed by atoms with E-state index in [4.69, 9.17) is 10.5 Å². The molecule has 5 N–H and O–H groups in total. The Kier molecular flexibility index (Phi) is 8.51. The van der Waals surface area contributed by atoms with Gasteiger partial charge in [0.15, 0.2) is 0 Å². The molecule has 0 unspecified atom stereocenters. The molecule has 0 aliphatic heterocycles. The van der Waals surface area contributed by atoms with E-state index in [0.717, 1.165) is 24.3 Å². The van der Waals surface area contributed by atoms with Gasteiger partial charge in [-0.1, -0.05) is 0 Å². The summed E-state index contributed by atoms with van der Waals surface area (Å²) in [5, 5.41) is 5.01. The third kappa shape index (κ3) is 7.03. The number of hydrogen-bond acceptors (Lipinski definition) is 6. The van der Waals surface area contributed by atoms with Crippen molar-refractivity contribution >= 4 is 45.1 Å². The van der Waals surface area contributed by atoms with Crippen LogP contribution in [0, 0.1) is 5.82 Å². The van der Waals surface area contributed by atoms with Crippen molar-refractivity contribution in [3.8, 4) is 5.75 Å². The number of hydrogen-bond donors (Lipinski definition) is 4. The number of methoxy groups -OCH3 is 1. The first-order valence-electron chi connectivity index (χ1n) is 8.98. The number of ether oxygens (including phenoxy) is 1. The van der Waals surface area contributed by atoms with Crippen molar-refractivity contribution in [2.24, 2.45) is 5.73 Å². The summed E-state index contributed by atoms with van der Waals surface area (Å²) in [5.74, 6) is -0.256. The highest BCUT2D eigenvalue weighted by molar-refractivity contribution is 7.98. The van der Waals surface area contributed by atoms with Crippen molar-refractivity contribution in [3.05, 3.63) is 48.3 Å². The van der Waals surface area contributed by atoms with Crippen molar-refractivity contribution < 1.29 is 27.1 Å². The van der Waals surface area contributed by atoms with Crippen LogP contribution in [0.15, 0.2) is 47.4 Å². The quantitative estimate of drug-likeness (QED) is 0.420. The lowest BCUT2D eigenvalue weighted by molar-refractivity contribution is -0.117. The van der Waals surface area contributed by atoms with Crippen molar-refractivity contribution in [2.75, 3.05) is 29.2 Å². The van der Waals surface area contributed by atoms with Gasteiger partial charge in [0.1, 0.15) is 17.6 Å². The van der Waals surface area contributed by atoms with E-state index in [1.54, 1.807) is 0 Å². The number of rotatable bonds is 10. The molecule has 9 nitrogen and oxygen atoms in total. The van der Waals surface area contributed by atoms with Crippen molar-refractivity contribution in [3.63, 3.8) is 0 Å². The van der Waals surface area contributed by atoms with E-state index in [9.17, 15) is 22.4 Å². The normalized spacial score (nSPS) is 12.0. The first kappa shape index (κ1) is 24.3. The summed E-state index contributed by atoms with van der Waals surface area (Å²) < 4.78 is 45.9. The van der Waals surface area contributed by atoms with E-state index in [1.807, 2.05) is 6.26 Å². The highest BCUT2D eigenvalue weighted by atomic mass is 32.2. The lowest BCUT2D eigenvalue weighted by atomic mass is 10.2. The van der Waals surface area contributed by atoms with Gasteiger partial charge < -0.3 is 21.1 Å². The molecule has 0 fully saturated rings. The maximum atomic E-state index is 13.1. The van der Waals surface area contributed by atoms with Gasteiger partial charge in [-0.2, -0.15) is 11.8 Å². The summed E-state index contributed by atoms with van der Waals surface area (Å²) in [5.41, 5.74) is 5.47. The van der Waals surface area contributed by atoms with Crippen molar-refractivity contribution in [1.29, 1.82) is 0 Å². The number of urea groups is 1. The SMILES string of the molecule is COc1ccc(NC(=O)[C@H](CCSC)NC(N)=O)cc1NS(=O)(=O)c1ccc(F)cc1. The van der Waals surface area contributed by atoms with E-state index in [-0.39, 0.29) is 22.0 Å². The third-order valence-electron chi connectivity index (χ3n) is 4.08. The fraction of sp³-hybridized carbons (Fsp3) is 0.263. The Morgan fingerprint density at radius 3 is 2.45 bits per heavy atom. The van der Waals surface area contributed by atoms with E-state index >= 15 is 0 Å². The van der Waals surface area contributed by atoms with Gasteiger partial charge in [-0.25, -0.2) is 17.6 Å². The van der Waals surface area contributed by atoms with Crippen LogP contribution < -0.4 is 25.8 Å². The van der Waals surface area contributed by atoms with Crippen LogP contribution in [0.5, 0.6) is 5.75 Å². The molecular weight excluding hydrogens is 447 g/mol. The number of halogens is 1. The number of primary amides is 1. The fourth-order valence-electron chi connectivity index (χ4n) is 2.59. The average Bonchev–Trinajstić information content (AvgIpc) is 2.71. The summed E-state index contributed by atoms with van der Waals surface area (Å²) >= 11 is 1.50. The number of thioether (sulfide) groups is 1. The molecule has 2 aromatic carbocycles. The average molecular weight is 471 g/mol. The van der Waals surface area contributed by atoms with Crippen LogP contribution in [0.1, 0.15) is 6.42 Å². The Balaban J connectivity index is 2.25. The summed E-state index contributed by atoms with van der Waals surface area (Å²) in [6.07, 6.45) is 2.22. The van der Waals surface area contributed by atoms with Crippen LogP contribution in [0.25, 0.3) is 0 Å². The Labute approximate surface area is 184 Å². The molecular formula is C19H23FN4O5S2. The smallest absolute Gasteiger partial charge is 0.312 e. The summed E-state index contributed by atoms with van der Waals surface area (Å²) in [6, 6.07) is 6.98. The highest BCUT2D eigenvalue weighted by Crippen LogP contribution is 2.30. The first-order valence-corrected chi connectivity index (χ1v) is 11.9. The van der Waals surface area contributed by atoms with Gasteiger partial charge in [0.2, 0.25) is 5.91 Å². The number of carbonyl (C=O) groups excluding carboxylic acids is 2. The molecule has 168 valence electrons. The number of carbonyl (C=O) groups is 2. The Bertz CT molecular complexity index is 1030. The van der Waals surface area contributed by atoms with E-state index in [2.05, 4.69) is 15.4 Å². The van der Waals surface area contributed by atoms with E-state index in [0.29, 0.717) is 12.2 Å². The third-order valence-corrected chi connectivity index (χ3v) is 6.10. The molecule has 0 bridgehead atoms. The minimum Gasteiger partial charge on any atom is -0.495 e. The molecule has 0 aliphatic rings. The molecule has 3 amide bonds. The van der Waals surface area contributed by atoms with Crippen LogP contribution in [0.4, 0.5) is 20.6 Å². The Morgan fingerprint density at radius 1 is 1.19 bits per heavy atom. The van der Waals surface area contributed by atoms with Gasteiger partial charge in [-0.15, -0.1) is 0 Å². The summed E-state index contributed by atoms with van der Waals surface area (Å²) in [4.78, 5) is 23.6. The zero-order valence-corrected chi connectivity index (χ0v) is 18.5. The zero-order chi connectivity index (χ0) is 23.0. The molecule has 2 aromatic rings. The highest BCUT2D eigenvalue weighted by Gasteiger charge is 2.21. The Morgan fingerprint density at radius 2 is 1.87 bits per heavy atom. The molecule has 2 rings (SSSR count). The second-order valence-electron chi connectivity index (χ2n) is 6.31. The molecule has 1 atom stereocenters. The second kappa shape index (κ2) is 10.9. The number of nitrogens with two attached hydrogens (primary N) is 1. The second-order valence-corrected chi connectivity index (χ2v) is 8.97. The van der Waals surface area contributed by atoms with Gasteiger partial charge in [0, 0.05) is 5.69 Å². The molecule has 0 saturated carbocycles. The maximum absolute atomic E-state index is 13.1. The standard InChI is InChI=1S/C19H23FN4O5S2/c1-29-17-8-5-13(22-18(25)15(9-10-30-2)23-19(21)26)11-16(17)24-31(27,28)14-6-3-12(20)4-7-14/h3-8,11,15,24H,9-10H2,1-2H3,(H,22,25)(H3,21,23,26)/t15-/m0/s1. The van der Waals surface area contributed by atoms with Crippen LogP contribution in [-0.2, 0) is 14.8 Å². The first-order chi connectivity index (χ1) is 14.7. The number of benzene rings is 2. The number of sulfonamides is 1. The molecule has 0 heterocycles. The van der Waals surface area contributed by atoms with Gasteiger partial charge in [-0.05, 0) is 60.9 Å². The van der Waals surface area contributed by atoms with Crippen LogP contribution in [-0.4, -0.2) is 45.5 Å². The zero-order valence-electron chi connectivity index (χ0n) is 16.8. The summed E-state index contributed by atoms with van der Waals surface area (Å²) in [7, 11) is -2.68. The lowest BCUT2D eigenvalue weighted by Crippen LogP contribution is -2.46. The molecule has 0 aromatic heterocycles. The van der Waals surface area contributed by atoms with Gasteiger partial charge in [-0.3, -0.25) is 9.52 Å². The summed E-state index contributed by atoms with van der Waals surface area (Å²) in [6.45, 7) is 0. The molecule has 31 heavy (non-hydrogen) atoms. The largest absolute Gasteiger partial charge is 0.495 e. The monoisotopic (exact) mass is 470 g/mol. The number of amides is 3. The molecule has 0 spiro atoms. The van der Waals surface area contributed by atoms with Crippen molar-refractivity contribution in [1.82, 2.24) is 5.32 Å². The van der Waals surface area contributed by atoms with Crippen LogP contribution >= 0.6 is 11.8 Å².